The Morgan fingerprint density at radius 1 is 1.50 bits per heavy atom. The molecule has 0 saturated heterocycles. The Hall–Kier alpha value is -1.39. The Balaban J connectivity index is 2.15. The van der Waals surface area contributed by atoms with Gasteiger partial charge in [-0.1, -0.05) is 24.6 Å². The number of hydrogen-bond acceptors (Lipinski definition) is 3. The number of carbonyl (C=O) groups is 1. The van der Waals surface area contributed by atoms with Crippen molar-refractivity contribution >= 4 is 34.7 Å². The topological polar surface area (TPSA) is 42.0 Å². The van der Waals surface area contributed by atoms with E-state index in [1.807, 2.05) is 26.0 Å². The van der Waals surface area contributed by atoms with E-state index in [9.17, 15) is 4.79 Å². The van der Waals surface area contributed by atoms with Gasteiger partial charge in [0.2, 0.25) is 0 Å². The Kier molecular flexibility index (Phi) is 3.99. The van der Waals surface area contributed by atoms with Gasteiger partial charge in [0.05, 0.1) is 9.90 Å². The Bertz CT molecular complexity index is 561. The van der Waals surface area contributed by atoms with Gasteiger partial charge in [0.25, 0.3) is 5.91 Å². The zero-order valence-electron chi connectivity index (χ0n) is 10.2. The van der Waals surface area contributed by atoms with E-state index in [-0.39, 0.29) is 5.91 Å². The van der Waals surface area contributed by atoms with Crippen LogP contribution < -0.4 is 5.32 Å². The van der Waals surface area contributed by atoms with Crippen molar-refractivity contribution in [1.29, 1.82) is 0 Å². The molecular formula is C13H13ClN2OS. The molecule has 1 N–H and O–H groups in total. The fourth-order valence-electron chi connectivity index (χ4n) is 1.50. The summed E-state index contributed by atoms with van der Waals surface area (Å²) in [7, 11) is 0. The second-order valence-corrected chi connectivity index (χ2v) is 5.50. The molecule has 2 aromatic heterocycles. The number of aryl methyl sites for hydroxylation is 2. The first-order valence-electron chi connectivity index (χ1n) is 5.63. The number of pyridine rings is 1. The molecule has 0 aliphatic heterocycles. The molecular weight excluding hydrogens is 268 g/mol. The molecule has 1 amide bonds. The van der Waals surface area contributed by atoms with Crippen LogP contribution in [0.5, 0.6) is 0 Å². The lowest BCUT2D eigenvalue weighted by Crippen LogP contribution is -2.11. The van der Waals surface area contributed by atoms with Crippen LogP contribution >= 0.6 is 22.9 Å². The first-order valence-corrected chi connectivity index (χ1v) is 6.83. The van der Waals surface area contributed by atoms with Crippen molar-refractivity contribution in [1.82, 2.24) is 4.98 Å². The van der Waals surface area contributed by atoms with Crippen molar-refractivity contribution < 1.29 is 4.79 Å². The number of nitrogens with one attached hydrogen (secondary N) is 1. The molecule has 0 aliphatic carbocycles. The van der Waals surface area contributed by atoms with Gasteiger partial charge in [0.1, 0.15) is 5.82 Å². The molecule has 5 heteroatoms. The molecule has 0 saturated carbocycles. The fraction of sp³-hybridized carbons (Fsp3) is 0.231. The van der Waals surface area contributed by atoms with Gasteiger partial charge in [-0.15, -0.1) is 11.3 Å². The molecule has 2 heterocycles. The van der Waals surface area contributed by atoms with Crippen molar-refractivity contribution in [3.63, 3.8) is 0 Å². The second kappa shape index (κ2) is 5.50. The number of rotatable bonds is 3. The molecule has 0 fully saturated rings. The molecule has 0 spiro atoms. The molecule has 18 heavy (non-hydrogen) atoms. The van der Waals surface area contributed by atoms with E-state index in [4.69, 9.17) is 11.6 Å². The summed E-state index contributed by atoms with van der Waals surface area (Å²) in [6, 6.07) is 7.27. The summed E-state index contributed by atoms with van der Waals surface area (Å²) in [5.41, 5.74) is 0.952. The van der Waals surface area contributed by atoms with Crippen molar-refractivity contribution in [2.45, 2.75) is 20.3 Å². The summed E-state index contributed by atoms with van der Waals surface area (Å²) >= 11 is 7.32. The van der Waals surface area contributed by atoms with Crippen LogP contribution in [0.4, 0.5) is 5.82 Å². The van der Waals surface area contributed by atoms with Crippen molar-refractivity contribution in [3.05, 3.63) is 44.7 Å². The first kappa shape index (κ1) is 13.1. The molecule has 2 aromatic rings. The van der Waals surface area contributed by atoms with E-state index in [0.717, 1.165) is 17.0 Å². The second-order valence-electron chi connectivity index (χ2n) is 3.84. The molecule has 0 unspecified atom stereocenters. The zero-order chi connectivity index (χ0) is 13.1. The highest BCUT2D eigenvalue weighted by atomic mass is 35.5. The van der Waals surface area contributed by atoms with Gasteiger partial charge in [0.15, 0.2) is 0 Å². The van der Waals surface area contributed by atoms with Crippen LogP contribution in [0.25, 0.3) is 0 Å². The van der Waals surface area contributed by atoms with Crippen LogP contribution in [0.3, 0.4) is 0 Å². The summed E-state index contributed by atoms with van der Waals surface area (Å²) in [4.78, 5) is 17.8. The van der Waals surface area contributed by atoms with Gasteiger partial charge in [-0.25, -0.2) is 4.98 Å². The Labute approximate surface area is 115 Å². The smallest absolute Gasteiger partial charge is 0.266 e. The Morgan fingerprint density at radius 2 is 2.28 bits per heavy atom. The predicted octanol–water partition coefficient (Wildman–Crippen LogP) is 3.92. The third kappa shape index (κ3) is 2.89. The molecule has 94 valence electrons. The number of anilines is 1. The molecule has 2 rings (SSSR count). The van der Waals surface area contributed by atoms with Crippen LogP contribution in [0.15, 0.2) is 24.3 Å². The molecule has 0 radical (unpaired) electrons. The van der Waals surface area contributed by atoms with Crippen molar-refractivity contribution in [3.8, 4) is 0 Å². The third-order valence-electron chi connectivity index (χ3n) is 2.49. The summed E-state index contributed by atoms with van der Waals surface area (Å²) < 4.78 is 0. The highest BCUT2D eigenvalue weighted by molar-refractivity contribution is 7.14. The molecule has 0 atom stereocenters. The number of amides is 1. The zero-order valence-corrected chi connectivity index (χ0v) is 11.7. The Morgan fingerprint density at radius 3 is 2.89 bits per heavy atom. The van der Waals surface area contributed by atoms with E-state index in [1.165, 1.54) is 11.3 Å². The van der Waals surface area contributed by atoms with Gasteiger partial charge >= 0.3 is 0 Å². The molecule has 0 aromatic carbocycles. The molecule has 3 nitrogen and oxygen atoms in total. The van der Waals surface area contributed by atoms with Crippen LogP contribution in [0.2, 0.25) is 5.02 Å². The van der Waals surface area contributed by atoms with Gasteiger partial charge < -0.3 is 5.32 Å². The number of thiophene rings is 1. The monoisotopic (exact) mass is 280 g/mol. The van der Waals surface area contributed by atoms with E-state index >= 15 is 0 Å². The number of halogens is 1. The van der Waals surface area contributed by atoms with Gasteiger partial charge in [-0.2, -0.15) is 0 Å². The minimum absolute atomic E-state index is 0.171. The maximum atomic E-state index is 12.0. The first-order chi connectivity index (χ1) is 8.60. The van der Waals surface area contributed by atoms with E-state index in [1.54, 1.807) is 12.1 Å². The van der Waals surface area contributed by atoms with Gasteiger partial charge in [0, 0.05) is 10.6 Å². The quantitative estimate of drug-likeness (QED) is 0.926. The highest BCUT2D eigenvalue weighted by Gasteiger charge is 2.12. The SMILES string of the molecule is CCc1cccc(NC(=O)c2cc(Cl)c(C)s2)n1. The third-order valence-corrected chi connectivity index (χ3v) is 4.05. The van der Waals surface area contributed by atoms with E-state index < -0.39 is 0 Å². The average molecular weight is 281 g/mol. The minimum Gasteiger partial charge on any atom is -0.306 e. The number of hydrogen-bond donors (Lipinski definition) is 1. The average Bonchev–Trinajstić information content (AvgIpc) is 2.70. The van der Waals surface area contributed by atoms with Crippen LogP contribution in [-0.4, -0.2) is 10.9 Å². The maximum Gasteiger partial charge on any atom is 0.266 e. The summed E-state index contributed by atoms with van der Waals surface area (Å²) in [6.45, 7) is 3.91. The standard InChI is InChI=1S/C13H13ClN2OS/c1-3-9-5-4-6-12(15-9)16-13(17)11-7-10(14)8(2)18-11/h4-7H,3H2,1-2H3,(H,15,16,17). The summed E-state index contributed by atoms with van der Waals surface area (Å²) in [5, 5.41) is 3.40. The highest BCUT2D eigenvalue weighted by Crippen LogP contribution is 2.26. The maximum absolute atomic E-state index is 12.0. The van der Waals surface area contributed by atoms with Gasteiger partial charge in [-0.3, -0.25) is 4.79 Å². The lowest BCUT2D eigenvalue weighted by molar-refractivity contribution is 0.103. The number of carbonyl (C=O) groups excluding carboxylic acids is 1. The lowest BCUT2D eigenvalue weighted by Gasteiger charge is -2.04. The van der Waals surface area contributed by atoms with Gasteiger partial charge in [-0.05, 0) is 31.5 Å². The van der Waals surface area contributed by atoms with Crippen LogP contribution in [0.1, 0.15) is 27.2 Å². The minimum atomic E-state index is -0.171. The number of aromatic nitrogens is 1. The van der Waals surface area contributed by atoms with Crippen molar-refractivity contribution in [2.75, 3.05) is 5.32 Å². The number of nitrogens with zero attached hydrogens (tertiary/aromatic N) is 1. The van der Waals surface area contributed by atoms with E-state index in [2.05, 4.69) is 10.3 Å². The van der Waals surface area contributed by atoms with Crippen molar-refractivity contribution in [2.24, 2.45) is 0 Å². The largest absolute Gasteiger partial charge is 0.306 e. The van der Waals surface area contributed by atoms with Crippen LogP contribution in [0, 0.1) is 6.92 Å². The fourth-order valence-corrected chi connectivity index (χ4v) is 2.59. The molecule has 0 aliphatic rings. The molecule has 0 bridgehead atoms. The normalized spacial score (nSPS) is 10.4. The summed E-state index contributed by atoms with van der Waals surface area (Å²) in [6.07, 6.45) is 0.841. The van der Waals surface area contributed by atoms with Crippen LogP contribution in [-0.2, 0) is 6.42 Å². The lowest BCUT2D eigenvalue weighted by atomic mass is 10.3. The summed E-state index contributed by atoms with van der Waals surface area (Å²) in [5.74, 6) is 0.400. The predicted molar refractivity (Wildman–Crippen MR) is 75.6 cm³/mol. The van der Waals surface area contributed by atoms with E-state index in [0.29, 0.717) is 15.7 Å².